The van der Waals surface area contributed by atoms with E-state index in [1.54, 1.807) is 24.3 Å². The van der Waals surface area contributed by atoms with Gasteiger partial charge in [-0.1, -0.05) is 48.0 Å². The van der Waals surface area contributed by atoms with E-state index in [-0.39, 0.29) is 24.9 Å². The van der Waals surface area contributed by atoms with Crippen LogP contribution in [0, 0.1) is 0 Å². The molecule has 6 rings (SSSR count). The Balaban J connectivity index is 1.23. The van der Waals surface area contributed by atoms with Crippen molar-refractivity contribution in [2.75, 3.05) is 19.5 Å². The molecule has 3 heterocycles. The van der Waals surface area contributed by atoms with Gasteiger partial charge in [-0.25, -0.2) is 8.42 Å². The van der Waals surface area contributed by atoms with Crippen LogP contribution in [0.5, 0.6) is 6.01 Å². The molecule has 0 spiro atoms. The van der Waals surface area contributed by atoms with Crippen LogP contribution in [0.4, 0.5) is 0 Å². The first-order valence-electron chi connectivity index (χ1n) is 11.4. The van der Waals surface area contributed by atoms with Crippen molar-refractivity contribution < 1.29 is 27.7 Å². The van der Waals surface area contributed by atoms with Crippen molar-refractivity contribution in [1.29, 1.82) is 0 Å². The number of ether oxygens (including phenoxy) is 3. The molecule has 0 bridgehead atoms. The SMILES string of the molecule is CS(=O)(=O)c1ccc(-c2ccc(-c3cc4nc(OC5COC6C(O)COC56)[nH]c4cc3Cl)cc2)cc1. The molecule has 1 aromatic heterocycles. The van der Waals surface area contributed by atoms with Crippen molar-refractivity contribution >= 4 is 32.5 Å². The third-order valence-electron chi connectivity index (χ3n) is 6.61. The summed E-state index contributed by atoms with van der Waals surface area (Å²) in [6.45, 7) is 0.553. The minimum Gasteiger partial charge on any atom is -0.456 e. The molecule has 0 aliphatic carbocycles. The number of hydrogen-bond acceptors (Lipinski definition) is 7. The molecule has 4 unspecified atom stereocenters. The van der Waals surface area contributed by atoms with Gasteiger partial charge in [-0.05, 0) is 41.0 Å². The minimum absolute atomic E-state index is 0.235. The van der Waals surface area contributed by atoms with Gasteiger partial charge >= 0.3 is 0 Å². The van der Waals surface area contributed by atoms with Gasteiger partial charge in [0.25, 0.3) is 6.01 Å². The Labute approximate surface area is 212 Å². The fraction of sp³-hybridized carbons (Fsp3) is 0.269. The maximum absolute atomic E-state index is 11.7. The van der Waals surface area contributed by atoms with Crippen LogP contribution in [0.15, 0.2) is 65.6 Å². The zero-order valence-electron chi connectivity index (χ0n) is 19.2. The van der Waals surface area contributed by atoms with Crippen LogP contribution in [-0.2, 0) is 19.3 Å². The molecular weight excluding hydrogens is 504 g/mol. The second-order valence-electron chi connectivity index (χ2n) is 9.08. The van der Waals surface area contributed by atoms with Crippen LogP contribution in [-0.4, -0.2) is 67.4 Å². The average molecular weight is 527 g/mol. The van der Waals surface area contributed by atoms with E-state index >= 15 is 0 Å². The van der Waals surface area contributed by atoms with E-state index in [0.717, 1.165) is 27.8 Å². The number of sulfone groups is 1. The molecular formula is C26H23ClN2O6S. The van der Waals surface area contributed by atoms with E-state index < -0.39 is 15.9 Å². The van der Waals surface area contributed by atoms with Gasteiger partial charge in [0.1, 0.15) is 18.3 Å². The van der Waals surface area contributed by atoms with Crippen LogP contribution >= 0.6 is 11.6 Å². The molecule has 8 nitrogen and oxygen atoms in total. The average Bonchev–Trinajstić information content (AvgIpc) is 3.55. The van der Waals surface area contributed by atoms with Crippen molar-refractivity contribution in [2.24, 2.45) is 0 Å². The van der Waals surface area contributed by atoms with Gasteiger partial charge < -0.3 is 24.3 Å². The number of halogens is 1. The Morgan fingerprint density at radius 1 is 0.972 bits per heavy atom. The second-order valence-corrected chi connectivity index (χ2v) is 11.5. The molecule has 186 valence electrons. The summed E-state index contributed by atoms with van der Waals surface area (Å²) in [6, 6.07) is 18.7. The van der Waals surface area contributed by atoms with E-state index in [1.807, 2.05) is 36.4 Å². The molecule has 2 aliphatic rings. The predicted molar refractivity (Wildman–Crippen MR) is 135 cm³/mol. The van der Waals surface area contributed by atoms with E-state index in [2.05, 4.69) is 9.97 Å². The summed E-state index contributed by atoms with van der Waals surface area (Å²) in [4.78, 5) is 8.01. The molecule has 2 N–H and O–H groups in total. The molecule has 0 radical (unpaired) electrons. The summed E-state index contributed by atoms with van der Waals surface area (Å²) in [5, 5.41) is 10.5. The Morgan fingerprint density at radius 2 is 1.61 bits per heavy atom. The summed E-state index contributed by atoms with van der Waals surface area (Å²) >= 11 is 6.61. The number of hydrogen-bond donors (Lipinski definition) is 2. The van der Waals surface area contributed by atoms with Crippen molar-refractivity contribution in [3.05, 3.63) is 65.7 Å². The first kappa shape index (κ1) is 23.4. The first-order chi connectivity index (χ1) is 17.3. The van der Waals surface area contributed by atoms with Crippen LogP contribution in [0.25, 0.3) is 33.3 Å². The third-order valence-corrected chi connectivity index (χ3v) is 8.05. The summed E-state index contributed by atoms with van der Waals surface area (Å²) < 4.78 is 40.6. The van der Waals surface area contributed by atoms with Crippen molar-refractivity contribution in [1.82, 2.24) is 9.97 Å². The second kappa shape index (κ2) is 8.86. The normalized spacial score (nSPS) is 23.8. The smallest absolute Gasteiger partial charge is 0.295 e. The Morgan fingerprint density at radius 3 is 2.31 bits per heavy atom. The lowest BCUT2D eigenvalue weighted by molar-refractivity contribution is 0.00706. The van der Waals surface area contributed by atoms with Gasteiger partial charge in [-0.3, -0.25) is 0 Å². The number of aromatic nitrogens is 2. The molecule has 0 saturated carbocycles. The monoisotopic (exact) mass is 526 g/mol. The lowest BCUT2D eigenvalue weighted by atomic mass is 10.00. The zero-order valence-corrected chi connectivity index (χ0v) is 20.8. The number of aliphatic hydroxyl groups excluding tert-OH is 1. The van der Waals surface area contributed by atoms with Gasteiger partial charge in [0.15, 0.2) is 15.9 Å². The van der Waals surface area contributed by atoms with Crippen LogP contribution in [0.1, 0.15) is 0 Å². The molecule has 2 fully saturated rings. The van der Waals surface area contributed by atoms with Gasteiger partial charge in [0.2, 0.25) is 0 Å². The Hall–Kier alpha value is -2.95. The van der Waals surface area contributed by atoms with Gasteiger partial charge in [-0.2, -0.15) is 4.98 Å². The maximum atomic E-state index is 11.7. The molecule has 4 aromatic rings. The topological polar surface area (TPSA) is 111 Å². The number of aromatic amines is 1. The number of nitrogens with zero attached hydrogens (tertiary/aromatic N) is 1. The Kier molecular flexibility index (Phi) is 5.77. The highest BCUT2D eigenvalue weighted by Crippen LogP contribution is 2.35. The molecule has 36 heavy (non-hydrogen) atoms. The third kappa shape index (κ3) is 4.27. The number of imidazole rings is 1. The predicted octanol–water partition coefficient (Wildman–Crippen LogP) is 3.86. The lowest BCUT2D eigenvalue weighted by Gasteiger charge is -2.15. The minimum atomic E-state index is -3.23. The summed E-state index contributed by atoms with van der Waals surface area (Å²) in [5.41, 5.74) is 5.07. The number of benzene rings is 3. The molecule has 10 heteroatoms. The zero-order chi connectivity index (χ0) is 25.0. The highest BCUT2D eigenvalue weighted by atomic mass is 35.5. The van der Waals surface area contributed by atoms with Crippen LogP contribution < -0.4 is 4.74 Å². The molecule has 2 saturated heterocycles. The first-order valence-corrected chi connectivity index (χ1v) is 13.7. The van der Waals surface area contributed by atoms with Crippen molar-refractivity contribution in [3.63, 3.8) is 0 Å². The highest BCUT2D eigenvalue weighted by Gasteiger charge is 2.48. The quantitative estimate of drug-likeness (QED) is 0.406. The largest absolute Gasteiger partial charge is 0.456 e. The molecule has 0 amide bonds. The number of rotatable bonds is 5. The molecule has 3 aromatic carbocycles. The summed E-state index contributed by atoms with van der Waals surface area (Å²) in [7, 11) is -3.23. The molecule has 4 atom stereocenters. The van der Waals surface area contributed by atoms with Crippen molar-refractivity contribution in [2.45, 2.75) is 29.3 Å². The molecule has 2 aliphatic heterocycles. The standard InChI is InChI=1S/C26H23ClN2O6S/c1-36(31,32)17-8-6-15(7-9-17)14-2-4-16(5-3-14)18-10-20-21(11-19(18)27)29-26(28-20)35-23-13-34-24-22(30)12-33-25(23)24/h2-11,22-25,30H,12-13H2,1H3,(H,28,29). The van der Waals surface area contributed by atoms with Gasteiger partial charge in [-0.15, -0.1) is 0 Å². The number of H-pyrrole nitrogens is 1. The fourth-order valence-electron chi connectivity index (χ4n) is 4.71. The fourth-order valence-corrected chi connectivity index (χ4v) is 5.61. The summed E-state index contributed by atoms with van der Waals surface area (Å²) in [5.74, 6) is 0. The number of aliphatic hydroxyl groups is 1. The van der Waals surface area contributed by atoms with Crippen LogP contribution in [0.2, 0.25) is 5.02 Å². The van der Waals surface area contributed by atoms with Gasteiger partial charge in [0.05, 0.1) is 34.2 Å². The van der Waals surface area contributed by atoms with E-state index in [1.165, 1.54) is 6.26 Å². The number of nitrogens with one attached hydrogen (secondary N) is 1. The maximum Gasteiger partial charge on any atom is 0.295 e. The van der Waals surface area contributed by atoms with Crippen molar-refractivity contribution in [3.8, 4) is 28.3 Å². The van der Waals surface area contributed by atoms with E-state index in [9.17, 15) is 13.5 Å². The number of fused-ring (bicyclic) bond motifs is 2. The Bertz CT molecular complexity index is 1540. The van der Waals surface area contributed by atoms with E-state index in [4.69, 9.17) is 25.8 Å². The lowest BCUT2D eigenvalue weighted by Crippen LogP contribution is -2.34. The highest BCUT2D eigenvalue weighted by molar-refractivity contribution is 7.90. The van der Waals surface area contributed by atoms with E-state index in [0.29, 0.717) is 28.1 Å². The van der Waals surface area contributed by atoms with Crippen LogP contribution in [0.3, 0.4) is 0 Å². The van der Waals surface area contributed by atoms with Gasteiger partial charge in [0, 0.05) is 11.8 Å². The summed E-state index contributed by atoms with van der Waals surface area (Å²) in [6.07, 6.45) is -0.505.